The number of hydrogen-bond donors (Lipinski definition) is 1. The number of amides is 1. The highest BCUT2D eigenvalue weighted by atomic mass is 32.1. The third-order valence-corrected chi connectivity index (χ3v) is 4.95. The van der Waals surface area contributed by atoms with Gasteiger partial charge in [0.05, 0.1) is 16.4 Å². The number of nitrogens with zero attached hydrogens (tertiary/aromatic N) is 3. The second kappa shape index (κ2) is 5.66. The lowest BCUT2D eigenvalue weighted by atomic mass is 9.81. The Kier molecular flexibility index (Phi) is 3.49. The van der Waals surface area contributed by atoms with Crippen molar-refractivity contribution in [3.05, 3.63) is 36.0 Å². The van der Waals surface area contributed by atoms with E-state index in [0.29, 0.717) is 5.82 Å². The van der Waals surface area contributed by atoms with Crippen LogP contribution in [0.5, 0.6) is 5.75 Å². The predicted octanol–water partition coefficient (Wildman–Crippen LogP) is 2.83. The van der Waals surface area contributed by atoms with Gasteiger partial charge in [0.1, 0.15) is 23.2 Å². The van der Waals surface area contributed by atoms with Crippen molar-refractivity contribution in [3.8, 4) is 5.75 Å². The van der Waals surface area contributed by atoms with Crippen LogP contribution >= 0.6 is 11.3 Å². The molecule has 0 unspecified atom stereocenters. The van der Waals surface area contributed by atoms with Gasteiger partial charge in [-0.1, -0.05) is 6.07 Å². The van der Waals surface area contributed by atoms with E-state index < -0.39 is 0 Å². The molecule has 118 valence electrons. The van der Waals surface area contributed by atoms with Crippen LogP contribution in [0.2, 0.25) is 0 Å². The molecule has 0 spiro atoms. The Balaban J connectivity index is 1.35. The van der Waals surface area contributed by atoms with Crippen LogP contribution in [0.4, 0.5) is 5.82 Å². The predicted molar refractivity (Wildman–Crippen MR) is 88.6 cm³/mol. The smallest absolute Gasteiger partial charge is 0.228 e. The average molecular weight is 328 g/mol. The summed E-state index contributed by atoms with van der Waals surface area (Å²) < 4.78 is 8.77. The van der Waals surface area contributed by atoms with Crippen molar-refractivity contribution in [3.63, 3.8) is 0 Å². The molecule has 1 aliphatic carbocycles. The Bertz CT molecular complexity index is 851. The van der Waals surface area contributed by atoms with E-state index in [-0.39, 0.29) is 17.9 Å². The van der Waals surface area contributed by atoms with Crippen molar-refractivity contribution in [1.29, 1.82) is 0 Å². The highest BCUT2D eigenvalue weighted by Gasteiger charge is 2.36. The first-order valence-electron chi connectivity index (χ1n) is 7.48. The fourth-order valence-corrected chi connectivity index (χ4v) is 3.43. The Hall–Kier alpha value is -2.41. The van der Waals surface area contributed by atoms with Gasteiger partial charge in [0.2, 0.25) is 5.91 Å². The molecule has 0 radical (unpaired) electrons. The summed E-state index contributed by atoms with van der Waals surface area (Å²) >= 11 is 1.60. The van der Waals surface area contributed by atoms with E-state index >= 15 is 0 Å². The molecule has 0 atom stereocenters. The quantitative estimate of drug-likeness (QED) is 0.799. The zero-order valence-corrected chi connectivity index (χ0v) is 13.4. The van der Waals surface area contributed by atoms with E-state index in [0.717, 1.165) is 28.8 Å². The molecule has 2 aromatic heterocycles. The van der Waals surface area contributed by atoms with Crippen molar-refractivity contribution in [2.24, 2.45) is 13.0 Å². The molecule has 1 aliphatic rings. The Morgan fingerprint density at radius 2 is 2.26 bits per heavy atom. The van der Waals surface area contributed by atoms with Gasteiger partial charge in [0.25, 0.3) is 0 Å². The van der Waals surface area contributed by atoms with E-state index in [1.165, 1.54) is 0 Å². The molecule has 1 saturated carbocycles. The summed E-state index contributed by atoms with van der Waals surface area (Å²) in [5, 5.41) is 6.94. The van der Waals surface area contributed by atoms with Crippen LogP contribution in [0.3, 0.4) is 0 Å². The molecule has 0 saturated heterocycles. The number of carbonyl (C=O) groups excluding carboxylic acids is 1. The molecule has 2 heterocycles. The van der Waals surface area contributed by atoms with Gasteiger partial charge in [-0.3, -0.25) is 9.48 Å². The summed E-state index contributed by atoms with van der Waals surface area (Å²) in [5.74, 6) is 1.54. The molecule has 3 aromatic rings. The Morgan fingerprint density at radius 3 is 3.04 bits per heavy atom. The number of anilines is 1. The number of thiazole rings is 1. The normalized spacial score (nSPS) is 20.2. The minimum absolute atomic E-state index is 0.00969. The van der Waals surface area contributed by atoms with Gasteiger partial charge >= 0.3 is 0 Å². The van der Waals surface area contributed by atoms with Gasteiger partial charge in [-0.25, -0.2) is 4.98 Å². The third kappa shape index (κ3) is 2.68. The Labute approximate surface area is 137 Å². The first-order valence-corrected chi connectivity index (χ1v) is 8.36. The zero-order valence-electron chi connectivity index (χ0n) is 12.6. The van der Waals surface area contributed by atoms with E-state index in [1.807, 2.05) is 23.7 Å². The first-order chi connectivity index (χ1) is 11.2. The molecule has 1 N–H and O–H groups in total. The summed E-state index contributed by atoms with van der Waals surface area (Å²) in [6.07, 6.45) is 3.19. The fourth-order valence-electron chi connectivity index (χ4n) is 2.74. The number of fused-ring (bicyclic) bond motifs is 1. The van der Waals surface area contributed by atoms with E-state index in [1.54, 1.807) is 35.3 Å². The van der Waals surface area contributed by atoms with Crippen molar-refractivity contribution < 1.29 is 9.53 Å². The largest absolute Gasteiger partial charge is 0.488 e. The second-order valence-electron chi connectivity index (χ2n) is 5.69. The van der Waals surface area contributed by atoms with Gasteiger partial charge < -0.3 is 10.1 Å². The van der Waals surface area contributed by atoms with E-state index in [4.69, 9.17) is 4.74 Å². The summed E-state index contributed by atoms with van der Waals surface area (Å²) in [6.45, 7) is 0. The third-order valence-electron chi connectivity index (χ3n) is 4.15. The monoisotopic (exact) mass is 328 g/mol. The zero-order chi connectivity index (χ0) is 15.8. The molecule has 0 bridgehead atoms. The maximum Gasteiger partial charge on any atom is 0.228 e. The molecule has 0 aliphatic heterocycles. The van der Waals surface area contributed by atoms with Crippen LogP contribution in [0.25, 0.3) is 10.2 Å². The van der Waals surface area contributed by atoms with Gasteiger partial charge in [-0.2, -0.15) is 5.10 Å². The first kappa shape index (κ1) is 14.2. The van der Waals surface area contributed by atoms with Gasteiger partial charge in [0.15, 0.2) is 0 Å². The number of hydrogen-bond acceptors (Lipinski definition) is 5. The van der Waals surface area contributed by atoms with Crippen molar-refractivity contribution in [1.82, 2.24) is 14.8 Å². The fraction of sp³-hybridized carbons (Fsp3) is 0.312. The summed E-state index contributed by atoms with van der Waals surface area (Å²) in [6, 6.07) is 7.73. The van der Waals surface area contributed by atoms with E-state index in [2.05, 4.69) is 15.4 Å². The summed E-state index contributed by atoms with van der Waals surface area (Å²) in [4.78, 5) is 16.5. The van der Waals surface area contributed by atoms with Crippen LogP contribution in [-0.4, -0.2) is 26.8 Å². The molecule has 1 fully saturated rings. The van der Waals surface area contributed by atoms with Crippen LogP contribution < -0.4 is 10.1 Å². The highest BCUT2D eigenvalue weighted by molar-refractivity contribution is 7.16. The summed E-state index contributed by atoms with van der Waals surface area (Å²) in [5.41, 5.74) is 2.72. The molecular formula is C16H16N4O2S. The topological polar surface area (TPSA) is 69.0 Å². The molecule has 1 aromatic carbocycles. The standard InChI is InChI=1S/C16H16N4O2S/c1-20-14(5-6-18-20)19-16(21)10-7-11(8-10)22-12-3-2-4-13-15(12)17-9-23-13/h2-6,9-11H,7-8H2,1H3,(H,19,21). The van der Waals surface area contributed by atoms with Crippen LogP contribution in [0, 0.1) is 5.92 Å². The number of aromatic nitrogens is 3. The molecule has 6 nitrogen and oxygen atoms in total. The van der Waals surface area contributed by atoms with Gasteiger partial charge in [-0.15, -0.1) is 11.3 Å². The molecule has 1 amide bonds. The highest BCUT2D eigenvalue weighted by Crippen LogP contribution is 2.35. The number of ether oxygens (including phenoxy) is 1. The number of rotatable bonds is 4. The van der Waals surface area contributed by atoms with Gasteiger partial charge in [0, 0.05) is 19.0 Å². The maximum absolute atomic E-state index is 12.2. The van der Waals surface area contributed by atoms with E-state index in [9.17, 15) is 4.79 Å². The minimum atomic E-state index is -0.00969. The Morgan fingerprint density at radius 1 is 1.39 bits per heavy atom. The minimum Gasteiger partial charge on any atom is -0.488 e. The lowest BCUT2D eigenvalue weighted by Crippen LogP contribution is -2.41. The number of para-hydroxylation sites is 1. The summed E-state index contributed by atoms with van der Waals surface area (Å²) in [7, 11) is 1.80. The molecule has 23 heavy (non-hydrogen) atoms. The molecule has 7 heteroatoms. The number of aryl methyl sites for hydroxylation is 1. The van der Waals surface area contributed by atoms with Crippen molar-refractivity contribution in [2.75, 3.05) is 5.32 Å². The number of nitrogens with one attached hydrogen (secondary N) is 1. The lowest BCUT2D eigenvalue weighted by molar-refractivity contribution is -0.125. The van der Waals surface area contributed by atoms with Crippen LogP contribution in [0.15, 0.2) is 36.0 Å². The van der Waals surface area contributed by atoms with Crippen LogP contribution in [-0.2, 0) is 11.8 Å². The second-order valence-corrected chi connectivity index (χ2v) is 6.58. The molecular weight excluding hydrogens is 312 g/mol. The lowest BCUT2D eigenvalue weighted by Gasteiger charge is -2.34. The van der Waals surface area contributed by atoms with Crippen LogP contribution in [0.1, 0.15) is 12.8 Å². The van der Waals surface area contributed by atoms with Crippen molar-refractivity contribution in [2.45, 2.75) is 18.9 Å². The SMILES string of the molecule is Cn1nccc1NC(=O)C1CC(Oc2cccc3scnc23)C1. The van der Waals surface area contributed by atoms with Gasteiger partial charge in [-0.05, 0) is 25.0 Å². The average Bonchev–Trinajstić information content (AvgIpc) is 3.12. The number of benzene rings is 1. The maximum atomic E-state index is 12.2. The van der Waals surface area contributed by atoms with Crippen molar-refractivity contribution >= 4 is 33.3 Å². The number of carbonyl (C=O) groups is 1. The molecule has 4 rings (SSSR count).